The molecule has 0 radical (unpaired) electrons. The Bertz CT molecular complexity index is 653. The number of hydrogen-bond acceptors (Lipinski definition) is 3. The number of anilines is 1. The molecule has 0 atom stereocenters. The summed E-state index contributed by atoms with van der Waals surface area (Å²) in [6.45, 7) is 0. The van der Waals surface area contributed by atoms with Crippen LogP contribution in [-0.2, 0) is 4.79 Å². The van der Waals surface area contributed by atoms with Crippen molar-refractivity contribution in [3.05, 3.63) is 29.8 Å². The van der Waals surface area contributed by atoms with Gasteiger partial charge in [0.2, 0.25) is 5.91 Å². The van der Waals surface area contributed by atoms with Crippen LogP contribution < -0.4 is 10.6 Å². The van der Waals surface area contributed by atoms with Gasteiger partial charge in [0.15, 0.2) is 0 Å². The fourth-order valence-electron chi connectivity index (χ4n) is 5.51. The molecular weight excluding hydrogens is 332 g/mol. The van der Waals surface area contributed by atoms with Gasteiger partial charge in [0.25, 0.3) is 5.91 Å². The third-order valence-electron chi connectivity index (χ3n) is 6.13. The maximum atomic E-state index is 12.4. The maximum Gasteiger partial charge on any atom is 0.251 e. The second kappa shape index (κ2) is 6.67. The van der Waals surface area contributed by atoms with E-state index in [-0.39, 0.29) is 11.8 Å². The van der Waals surface area contributed by atoms with Gasteiger partial charge in [-0.25, -0.2) is 0 Å². The van der Waals surface area contributed by atoms with Gasteiger partial charge in [-0.15, -0.1) is 11.8 Å². The number of amides is 2. The van der Waals surface area contributed by atoms with Crippen molar-refractivity contribution in [3.63, 3.8) is 0 Å². The smallest absolute Gasteiger partial charge is 0.251 e. The highest BCUT2D eigenvalue weighted by Gasteiger charge is 2.51. The molecule has 0 saturated heterocycles. The van der Waals surface area contributed by atoms with Crippen molar-refractivity contribution < 1.29 is 9.59 Å². The first-order valence-electron chi connectivity index (χ1n) is 9.31. The van der Waals surface area contributed by atoms with Crippen LogP contribution in [-0.4, -0.2) is 29.4 Å². The molecule has 4 aliphatic carbocycles. The van der Waals surface area contributed by atoms with E-state index in [1.807, 2.05) is 17.8 Å². The zero-order valence-electron chi connectivity index (χ0n) is 14.7. The Morgan fingerprint density at radius 2 is 1.76 bits per heavy atom. The Balaban J connectivity index is 1.35. The zero-order valence-corrected chi connectivity index (χ0v) is 15.5. The Morgan fingerprint density at radius 1 is 1.12 bits per heavy atom. The number of benzene rings is 1. The van der Waals surface area contributed by atoms with Crippen LogP contribution in [0.2, 0.25) is 0 Å². The summed E-state index contributed by atoms with van der Waals surface area (Å²) in [5, 5.41) is 5.56. The lowest BCUT2D eigenvalue weighted by atomic mass is 9.56. The Morgan fingerprint density at radius 3 is 2.36 bits per heavy atom. The van der Waals surface area contributed by atoms with Gasteiger partial charge in [0.1, 0.15) is 0 Å². The largest absolute Gasteiger partial charge is 0.355 e. The molecule has 5 heteroatoms. The van der Waals surface area contributed by atoms with Crippen molar-refractivity contribution in [2.75, 3.05) is 18.1 Å². The minimum Gasteiger partial charge on any atom is -0.355 e. The minimum atomic E-state index is -0.140. The average molecular weight is 359 g/mol. The monoisotopic (exact) mass is 358 g/mol. The van der Waals surface area contributed by atoms with Crippen LogP contribution in [0.15, 0.2) is 24.3 Å². The number of rotatable bonds is 5. The molecule has 0 spiro atoms. The summed E-state index contributed by atoms with van der Waals surface area (Å²) in [5.74, 6) is 3.13. The first kappa shape index (κ1) is 17.0. The molecule has 5 rings (SSSR count). The molecule has 0 unspecified atom stereocenters. The number of carbonyl (C=O) groups excluding carboxylic acids is 2. The normalized spacial score (nSPS) is 32.4. The van der Waals surface area contributed by atoms with E-state index in [0.29, 0.717) is 21.8 Å². The molecule has 4 fully saturated rings. The maximum absolute atomic E-state index is 12.4. The topological polar surface area (TPSA) is 58.2 Å². The molecule has 1 aromatic rings. The van der Waals surface area contributed by atoms with E-state index in [0.717, 1.165) is 17.8 Å². The predicted molar refractivity (Wildman–Crippen MR) is 102 cm³/mol. The van der Waals surface area contributed by atoms with Gasteiger partial charge in [-0.1, -0.05) is 6.07 Å². The lowest BCUT2D eigenvalue weighted by Crippen LogP contribution is -2.49. The molecule has 4 saturated carbocycles. The van der Waals surface area contributed by atoms with Crippen LogP contribution in [0.4, 0.5) is 5.69 Å². The van der Waals surface area contributed by atoms with Crippen molar-refractivity contribution >= 4 is 29.3 Å². The SMILES string of the molecule is CNC(=O)c1cccc(NC(=O)CSC23CC4CC(CC(C4)C2)C3)c1. The molecule has 1 aromatic carbocycles. The Kier molecular flexibility index (Phi) is 4.52. The molecule has 4 bridgehead atoms. The molecule has 0 aliphatic heterocycles. The third-order valence-corrected chi connectivity index (χ3v) is 7.65. The van der Waals surface area contributed by atoms with Crippen LogP contribution in [0.3, 0.4) is 0 Å². The second-order valence-electron chi connectivity index (χ2n) is 8.10. The highest BCUT2D eigenvalue weighted by atomic mass is 32.2. The lowest BCUT2D eigenvalue weighted by molar-refractivity contribution is -0.113. The summed E-state index contributed by atoms with van der Waals surface area (Å²) in [5.41, 5.74) is 1.26. The molecule has 2 N–H and O–H groups in total. The molecule has 2 amide bonds. The Hall–Kier alpha value is -1.49. The van der Waals surface area contributed by atoms with Crippen LogP contribution in [0.1, 0.15) is 48.9 Å². The number of nitrogens with one attached hydrogen (secondary N) is 2. The fourth-order valence-corrected chi connectivity index (χ4v) is 7.08. The quantitative estimate of drug-likeness (QED) is 0.844. The molecular formula is C20H26N2O2S. The molecule has 25 heavy (non-hydrogen) atoms. The standard InChI is InChI=1S/C20H26N2O2S/c1-21-19(24)16-3-2-4-17(8-16)22-18(23)12-25-20-9-13-5-14(10-20)7-15(6-13)11-20/h2-4,8,13-15H,5-7,9-12H2,1H3,(H,21,24)(H,22,23). The highest BCUT2D eigenvalue weighted by molar-refractivity contribution is 8.01. The zero-order chi connectivity index (χ0) is 17.4. The summed E-state index contributed by atoms with van der Waals surface area (Å²) in [6, 6.07) is 7.11. The third kappa shape index (κ3) is 3.57. The number of carbonyl (C=O) groups is 2. The minimum absolute atomic E-state index is 0.0369. The van der Waals surface area contributed by atoms with Gasteiger partial charge in [-0.3, -0.25) is 9.59 Å². The first-order chi connectivity index (χ1) is 12.0. The van der Waals surface area contributed by atoms with Crippen LogP contribution >= 0.6 is 11.8 Å². The molecule has 0 aromatic heterocycles. The van der Waals surface area contributed by atoms with Gasteiger partial charge in [0, 0.05) is 23.0 Å². The van der Waals surface area contributed by atoms with E-state index in [2.05, 4.69) is 10.6 Å². The van der Waals surface area contributed by atoms with E-state index in [9.17, 15) is 9.59 Å². The van der Waals surface area contributed by atoms with Crippen molar-refractivity contribution in [2.45, 2.75) is 43.3 Å². The highest BCUT2D eigenvalue weighted by Crippen LogP contribution is 2.60. The second-order valence-corrected chi connectivity index (χ2v) is 9.54. The van der Waals surface area contributed by atoms with Crippen molar-refractivity contribution in [1.29, 1.82) is 0 Å². The van der Waals surface area contributed by atoms with Gasteiger partial charge in [-0.05, 0) is 74.5 Å². The molecule has 4 nitrogen and oxygen atoms in total. The number of hydrogen-bond donors (Lipinski definition) is 2. The summed E-state index contributed by atoms with van der Waals surface area (Å²) >= 11 is 1.89. The molecule has 4 aliphatic rings. The lowest BCUT2D eigenvalue weighted by Gasteiger charge is -2.56. The van der Waals surface area contributed by atoms with Crippen molar-refractivity contribution in [1.82, 2.24) is 5.32 Å². The van der Waals surface area contributed by atoms with Gasteiger partial charge in [0.05, 0.1) is 5.75 Å². The number of thioether (sulfide) groups is 1. The Labute approximate surface area is 153 Å². The first-order valence-corrected chi connectivity index (χ1v) is 10.3. The molecule has 134 valence electrons. The van der Waals surface area contributed by atoms with Gasteiger partial charge in [-0.2, -0.15) is 0 Å². The summed E-state index contributed by atoms with van der Waals surface area (Å²) in [7, 11) is 1.61. The van der Waals surface area contributed by atoms with Crippen molar-refractivity contribution in [2.24, 2.45) is 17.8 Å². The average Bonchev–Trinajstić information content (AvgIpc) is 2.58. The predicted octanol–water partition coefficient (Wildman–Crippen LogP) is 3.69. The van der Waals surface area contributed by atoms with E-state index in [1.165, 1.54) is 38.5 Å². The summed E-state index contributed by atoms with van der Waals surface area (Å²) in [4.78, 5) is 24.1. The van der Waals surface area contributed by atoms with Gasteiger partial charge < -0.3 is 10.6 Å². The van der Waals surface area contributed by atoms with Crippen LogP contribution in [0, 0.1) is 17.8 Å². The van der Waals surface area contributed by atoms with Crippen LogP contribution in [0.25, 0.3) is 0 Å². The van der Waals surface area contributed by atoms with E-state index in [1.54, 1.807) is 25.2 Å². The van der Waals surface area contributed by atoms with Crippen molar-refractivity contribution in [3.8, 4) is 0 Å². The summed E-state index contributed by atoms with van der Waals surface area (Å²) in [6.07, 6.45) is 8.21. The molecule has 0 heterocycles. The van der Waals surface area contributed by atoms with Gasteiger partial charge >= 0.3 is 0 Å². The van der Waals surface area contributed by atoms with E-state index >= 15 is 0 Å². The van der Waals surface area contributed by atoms with E-state index in [4.69, 9.17) is 0 Å². The van der Waals surface area contributed by atoms with E-state index < -0.39 is 0 Å². The fraction of sp³-hybridized carbons (Fsp3) is 0.600. The van der Waals surface area contributed by atoms with Crippen LogP contribution in [0.5, 0.6) is 0 Å². The summed E-state index contributed by atoms with van der Waals surface area (Å²) < 4.78 is 0.357.